The molecule has 1 fully saturated rings. The molecule has 1 saturated carbocycles. The number of anilines is 2. The first-order chi connectivity index (χ1) is 13.6. The van der Waals surface area contributed by atoms with Gasteiger partial charge >= 0.3 is 0 Å². The molecular formula is C22H29FN4O2. The maximum atomic E-state index is 13.7. The zero-order chi connectivity index (χ0) is 21.3. The minimum Gasteiger partial charge on any atom is -0.404 e. The van der Waals surface area contributed by atoms with E-state index in [1.165, 1.54) is 27.0 Å². The third-order valence-corrected chi connectivity index (χ3v) is 5.16. The molecule has 0 radical (unpaired) electrons. The van der Waals surface area contributed by atoms with E-state index < -0.39 is 5.67 Å². The minimum atomic E-state index is -1.41. The van der Waals surface area contributed by atoms with E-state index in [1.807, 2.05) is 25.1 Å². The number of aliphatic imine (C=N–C) groups is 1. The fourth-order valence-corrected chi connectivity index (χ4v) is 3.62. The lowest BCUT2D eigenvalue weighted by molar-refractivity contribution is -0.120. The van der Waals surface area contributed by atoms with E-state index >= 15 is 0 Å². The quantitative estimate of drug-likeness (QED) is 0.770. The van der Waals surface area contributed by atoms with E-state index in [2.05, 4.69) is 4.99 Å². The molecule has 1 unspecified atom stereocenters. The number of hydrogen-bond donors (Lipinski definition) is 1. The molecule has 1 aromatic rings. The summed E-state index contributed by atoms with van der Waals surface area (Å²) < 4.78 is 13.7. The lowest BCUT2D eigenvalue weighted by Gasteiger charge is -2.41. The number of nitrogens with two attached hydrogens (primary N) is 1. The van der Waals surface area contributed by atoms with Crippen LogP contribution in [-0.4, -0.2) is 42.8 Å². The number of rotatable bonds is 5. The second-order valence-electron chi connectivity index (χ2n) is 8.48. The number of allylic oxidation sites excluding steroid dienone is 1. The number of halogens is 1. The molecule has 6 nitrogen and oxygen atoms in total. The van der Waals surface area contributed by atoms with Gasteiger partial charge in [-0.1, -0.05) is 6.07 Å². The van der Waals surface area contributed by atoms with E-state index in [-0.39, 0.29) is 30.3 Å². The fraction of sp³-hybridized carbons (Fsp3) is 0.500. The number of benzene rings is 1. The number of hydrogen-bond acceptors (Lipinski definition) is 4. The van der Waals surface area contributed by atoms with Crippen LogP contribution in [-0.2, 0) is 9.59 Å². The average molecular weight is 400 g/mol. The van der Waals surface area contributed by atoms with Crippen molar-refractivity contribution in [3.05, 3.63) is 30.0 Å². The molecule has 1 aromatic carbocycles. The summed E-state index contributed by atoms with van der Waals surface area (Å²) >= 11 is 0. The van der Waals surface area contributed by atoms with Crippen molar-refractivity contribution < 1.29 is 14.0 Å². The van der Waals surface area contributed by atoms with Gasteiger partial charge in [-0.15, -0.1) is 0 Å². The number of amides is 2. The van der Waals surface area contributed by atoms with Crippen molar-refractivity contribution in [3.63, 3.8) is 0 Å². The predicted molar refractivity (Wildman–Crippen MR) is 115 cm³/mol. The molecule has 1 atom stereocenters. The summed E-state index contributed by atoms with van der Waals surface area (Å²) in [6.45, 7) is 6.89. The van der Waals surface area contributed by atoms with Gasteiger partial charge in [-0.05, 0) is 51.3 Å². The highest BCUT2D eigenvalue weighted by Crippen LogP contribution is 2.41. The Labute approximate surface area is 171 Å². The lowest BCUT2D eigenvalue weighted by Crippen LogP contribution is -2.51. The van der Waals surface area contributed by atoms with Crippen LogP contribution in [0.4, 0.5) is 15.8 Å². The Kier molecular flexibility index (Phi) is 5.78. The standard InChI is InChI=1S/C22H29FN4O2/c1-14-12-26(21(29)16-5-6-16)20-9-17(7-8-19(20)27(14)15(2)28)18(10-24)11-25-13-22(3,4)23/h7-11,14,16H,5-6,12-13,24H2,1-4H3. The van der Waals surface area contributed by atoms with Crippen LogP contribution >= 0.6 is 0 Å². The van der Waals surface area contributed by atoms with Crippen molar-refractivity contribution in [2.75, 3.05) is 22.9 Å². The summed E-state index contributed by atoms with van der Waals surface area (Å²) in [7, 11) is 0. The maximum Gasteiger partial charge on any atom is 0.230 e. The molecule has 2 aliphatic rings. The minimum absolute atomic E-state index is 0.0250. The van der Waals surface area contributed by atoms with E-state index in [4.69, 9.17) is 5.73 Å². The van der Waals surface area contributed by atoms with Gasteiger partial charge < -0.3 is 15.5 Å². The largest absolute Gasteiger partial charge is 0.404 e. The summed E-state index contributed by atoms with van der Waals surface area (Å²) in [4.78, 5) is 32.8. The fourth-order valence-electron chi connectivity index (χ4n) is 3.62. The third kappa shape index (κ3) is 4.66. The van der Waals surface area contributed by atoms with E-state index in [1.54, 1.807) is 16.0 Å². The van der Waals surface area contributed by atoms with Crippen LogP contribution < -0.4 is 15.5 Å². The van der Waals surface area contributed by atoms with Crippen LogP contribution in [0.25, 0.3) is 5.57 Å². The second-order valence-corrected chi connectivity index (χ2v) is 8.48. The van der Waals surface area contributed by atoms with E-state index in [0.29, 0.717) is 23.5 Å². The van der Waals surface area contributed by atoms with Gasteiger partial charge in [-0.3, -0.25) is 14.6 Å². The highest BCUT2D eigenvalue weighted by atomic mass is 19.1. The van der Waals surface area contributed by atoms with Crippen LogP contribution in [0.1, 0.15) is 46.1 Å². The molecule has 7 heteroatoms. The van der Waals surface area contributed by atoms with Crippen molar-refractivity contribution in [1.29, 1.82) is 0 Å². The predicted octanol–water partition coefficient (Wildman–Crippen LogP) is 3.30. The number of alkyl halides is 1. The van der Waals surface area contributed by atoms with Crippen molar-refractivity contribution >= 4 is 35.0 Å². The zero-order valence-corrected chi connectivity index (χ0v) is 17.5. The number of carbonyl (C=O) groups excluding carboxylic acids is 2. The molecular weight excluding hydrogens is 371 g/mol. The molecule has 2 N–H and O–H groups in total. The van der Waals surface area contributed by atoms with Gasteiger partial charge in [-0.2, -0.15) is 0 Å². The Morgan fingerprint density at radius 2 is 2.00 bits per heavy atom. The van der Waals surface area contributed by atoms with E-state index in [9.17, 15) is 14.0 Å². The number of carbonyl (C=O) groups is 2. The topological polar surface area (TPSA) is 79.0 Å². The first-order valence-corrected chi connectivity index (χ1v) is 9.98. The second kappa shape index (κ2) is 7.97. The highest BCUT2D eigenvalue weighted by Gasteiger charge is 2.39. The van der Waals surface area contributed by atoms with Gasteiger partial charge in [0.1, 0.15) is 5.67 Å². The smallest absolute Gasteiger partial charge is 0.230 e. The Morgan fingerprint density at radius 3 is 2.55 bits per heavy atom. The van der Waals surface area contributed by atoms with Crippen LogP contribution in [0.15, 0.2) is 29.4 Å². The van der Waals surface area contributed by atoms with Gasteiger partial charge in [0.2, 0.25) is 11.8 Å². The van der Waals surface area contributed by atoms with Gasteiger partial charge in [0.05, 0.1) is 24.0 Å². The van der Waals surface area contributed by atoms with Gasteiger partial charge in [0.15, 0.2) is 0 Å². The molecule has 1 aliphatic heterocycles. The summed E-state index contributed by atoms with van der Waals surface area (Å²) in [5.74, 6) is 0.108. The molecule has 3 rings (SSSR count). The molecule has 0 saturated heterocycles. The summed E-state index contributed by atoms with van der Waals surface area (Å²) in [6, 6.07) is 5.44. The van der Waals surface area contributed by atoms with Crippen LogP contribution in [0.5, 0.6) is 0 Å². The Morgan fingerprint density at radius 1 is 1.31 bits per heavy atom. The molecule has 156 valence electrons. The Balaban J connectivity index is 1.99. The van der Waals surface area contributed by atoms with Crippen LogP contribution in [0.3, 0.4) is 0 Å². The average Bonchev–Trinajstić information content (AvgIpc) is 3.47. The van der Waals surface area contributed by atoms with Crippen LogP contribution in [0, 0.1) is 5.92 Å². The van der Waals surface area contributed by atoms with Gasteiger partial charge in [0.25, 0.3) is 0 Å². The van der Waals surface area contributed by atoms with E-state index in [0.717, 1.165) is 18.4 Å². The number of nitrogens with zero attached hydrogens (tertiary/aromatic N) is 3. The molecule has 1 heterocycles. The van der Waals surface area contributed by atoms with Crippen molar-refractivity contribution in [2.45, 2.75) is 52.2 Å². The van der Waals surface area contributed by atoms with Gasteiger partial charge in [0, 0.05) is 37.4 Å². The third-order valence-electron chi connectivity index (χ3n) is 5.16. The first-order valence-electron chi connectivity index (χ1n) is 9.98. The Hall–Kier alpha value is -2.70. The molecule has 0 aromatic heterocycles. The van der Waals surface area contributed by atoms with Crippen molar-refractivity contribution in [3.8, 4) is 0 Å². The molecule has 1 aliphatic carbocycles. The summed E-state index contributed by atoms with van der Waals surface area (Å²) in [6.07, 6.45) is 4.78. The highest BCUT2D eigenvalue weighted by molar-refractivity contribution is 6.11. The number of fused-ring (bicyclic) bond motifs is 1. The normalized spacial score (nSPS) is 20.2. The first kappa shape index (κ1) is 21.0. The maximum absolute atomic E-state index is 13.7. The van der Waals surface area contributed by atoms with Crippen molar-refractivity contribution in [1.82, 2.24) is 0 Å². The van der Waals surface area contributed by atoms with Crippen LogP contribution in [0.2, 0.25) is 0 Å². The monoisotopic (exact) mass is 400 g/mol. The summed E-state index contributed by atoms with van der Waals surface area (Å²) in [5.41, 5.74) is 7.19. The zero-order valence-electron chi connectivity index (χ0n) is 17.5. The SMILES string of the molecule is CC(=O)N1c2ccc(C(C=NCC(C)(C)F)=CN)cc2N(C(=O)C2CC2)CC1C. The molecule has 0 bridgehead atoms. The van der Waals surface area contributed by atoms with Crippen molar-refractivity contribution in [2.24, 2.45) is 16.6 Å². The lowest BCUT2D eigenvalue weighted by atomic mass is 10.0. The molecule has 29 heavy (non-hydrogen) atoms. The summed E-state index contributed by atoms with van der Waals surface area (Å²) in [5, 5.41) is 0. The Bertz CT molecular complexity index is 868. The van der Waals surface area contributed by atoms with Gasteiger partial charge in [-0.25, -0.2) is 4.39 Å². The molecule has 2 amide bonds. The molecule has 0 spiro atoms.